The first-order valence-electron chi connectivity index (χ1n) is 7.31. The predicted molar refractivity (Wildman–Crippen MR) is 89.7 cm³/mol. The highest BCUT2D eigenvalue weighted by atomic mass is 19.1. The molecule has 25 heavy (non-hydrogen) atoms. The van der Waals surface area contributed by atoms with E-state index in [0.717, 1.165) is 6.07 Å². The van der Waals surface area contributed by atoms with E-state index in [-0.39, 0.29) is 28.6 Å². The number of pyridine rings is 1. The molecule has 0 aliphatic carbocycles. The Morgan fingerprint density at radius 2 is 2.04 bits per heavy atom. The van der Waals surface area contributed by atoms with Gasteiger partial charge in [-0.1, -0.05) is 0 Å². The summed E-state index contributed by atoms with van der Waals surface area (Å²) < 4.78 is 24.4. The Kier molecular flexibility index (Phi) is 5.08. The van der Waals surface area contributed by atoms with Crippen LogP contribution in [-0.4, -0.2) is 16.7 Å². The summed E-state index contributed by atoms with van der Waals surface area (Å²) in [6.45, 7) is 5.11. The molecule has 1 amide bonds. The number of benzene rings is 1. The van der Waals surface area contributed by atoms with E-state index in [4.69, 9.17) is 15.2 Å². The molecule has 0 atom stereocenters. The Balaban J connectivity index is 2.29. The molecule has 3 N–H and O–H groups in total. The lowest BCUT2D eigenvalue weighted by Gasteiger charge is -2.19. The number of nitrogen functional groups attached to an aromatic ring is 1. The second-order valence-electron chi connectivity index (χ2n) is 6.06. The fraction of sp³-hybridized carbons (Fsp3) is 0.235. The number of rotatable bonds is 3. The van der Waals surface area contributed by atoms with E-state index >= 15 is 0 Å². The van der Waals surface area contributed by atoms with E-state index in [9.17, 15) is 14.4 Å². The smallest absolute Gasteiger partial charge is 0.413 e. The van der Waals surface area contributed by atoms with E-state index in [0.29, 0.717) is 0 Å². The van der Waals surface area contributed by atoms with Crippen molar-refractivity contribution in [1.29, 1.82) is 5.26 Å². The molecule has 0 bridgehead atoms. The third-order valence-electron chi connectivity index (χ3n) is 2.82. The number of ether oxygens (including phenoxy) is 2. The number of aromatic nitrogens is 1. The third kappa shape index (κ3) is 4.81. The first kappa shape index (κ1) is 18.0. The number of nitrogens with one attached hydrogen (secondary N) is 1. The van der Waals surface area contributed by atoms with Crippen LogP contribution in [0.15, 0.2) is 30.5 Å². The van der Waals surface area contributed by atoms with Gasteiger partial charge in [-0.2, -0.15) is 5.26 Å². The van der Waals surface area contributed by atoms with Crippen LogP contribution >= 0.6 is 0 Å². The van der Waals surface area contributed by atoms with Gasteiger partial charge in [0.25, 0.3) is 0 Å². The third-order valence-corrected chi connectivity index (χ3v) is 2.82. The van der Waals surface area contributed by atoms with Crippen molar-refractivity contribution in [3.8, 4) is 17.6 Å². The molecular formula is C17H17FN4O3. The topological polar surface area (TPSA) is 110 Å². The maximum absolute atomic E-state index is 13.9. The number of nitrogens with zero attached hydrogens (tertiary/aromatic N) is 2. The number of anilines is 2. The summed E-state index contributed by atoms with van der Waals surface area (Å²) in [6, 6.07) is 7.17. The van der Waals surface area contributed by atoms with Crippen LogP contribution < -0.4 is 15.8 Å². The van der Waals surface area contributed by atoms with Crippen molar-refractivity contribution in [3.63, 3.8) is 0 Å². The van der Waals surface area contributed by atoms with Gasteiger partial charge in [0, 0.05) is 24.0 Å². The molecule has 0 saturated heterocycles. The maximum Gasteiger partial charge on any atom is 0.413 e. The lowest BCUT2D eigenvalue weighted by atomic mass is 10.2. The van der Waals surface area contributed by atoms with Crippen molar-refractivity contribution in [2.75, 3.05) is 11.1 Å². The maximum atomic E-state index is 13.9. The van der Waals surface area contributed by atoms with Crippen LogP contribution in [-0.2, 0) is 4.74 Å². The molecule has 1 aromatic heterocycles. The predicted octanol–water partition coefficient (Wildman–Crippen LogP) is 3.81. The van der Waals surface area contributed by atoms with E-state index in [1.807, 2.05) is 6.07 Å². The molecule has 0 saturated carbocycles. The van der Waals surface area contributed by atoms with Gasteiger partial charge in [0.1, 0.15) is 17.2 Å². The van der Waals surface area contributed by atoms with Gasteiger partial charge in [0.05, 0.1) is 0 Å². The van der Waals surface area contributed by atoms with Crippen molar-refractivity contribution in [1.82, 2.24) is 4.98 Å². The number of halogens is 1. The average molecular weight is 344 g/mol. The molecule has 2 rings (SSSR count). The summed E-state index contributed by atoms with van der Waals surface area (Å²) in [7, 11) is 0. The van der Waals surface area contributed by atoms with Gasteiger partial charge in [0.15, 0.2) is 23.1 Å². The molecule has 2 aromatic rings. The van der Waals surface area contributed by atoms with Gasteiger partial charge in [-0.15, -0.1) is 0 Å². The summed E-state index contributed by atoms with van der Waals surface area (Å²) in [4.78, 5) is 15.8. The molecule has 130 valence electrons. The van der Waals surface area contributed by atoms with Crippen LogP contribution in [0.4, 0.5) is 20.7 Å². The minimum absolute atomic E-state index is 0.0345. The van der Waals surface area contributed by atoms with Crippen molar-refractivity contribution in [3.05, 3.63) is 41.8 Å². The Labute approximate surface area is 144 Å². The van der Waals surface area contributed by atoms with E-state index in [2.05, 4.69) is 10.3 Å². The SMILES string of the molecule is CC(C)(C)OC(=O)Nc1nccc(Oc2ccc(N)cc2F)c1C#N. The zero-order valence-corrected chi connectivity index (χ0v) is 14.0. The normalized spacial score (nSPS) is 10.7. The fourth-order valence-corrected chi connectivity index (χ4v) is 1.85. The zero-order chi connectivity index (χ0) is 18.6. The Bertz CT molecular complexity index is 841. The number of carbonyl (C=O) groups excluding carboxylic acids is 1. The summed E-state index contributed by atoms with van der Waals surface area (Å²) in [6.07, 6.45) is 0.547. The minimum Gasteiger partial charge on any atom is -0.453 e. The van der Waals surface area contributed by atoms with Gasteiger partial charge in [0.2, 0.25) is 0 Å². The number of hydrogen-bond donors (Lipinski definition) is 2. The van der Waals surface area contributed by atoms with Crippen LogP contribution in [0.25, 0.3) is 0 Å². The largest absolute Gasteiger partial charge is 0.453 e. The lowest BCUT2D eigenvalue weighted by Crippen LogP contribution is -2.27. The molecule has 1 aromatic carbocycles. The number of carbonyl (C=O) groups is 1. The molecule has 0 aliphatic rings. The van der Waals surface area contributed by atoms with E-state index in [1.165, 1.54) is 24.4 Å². The molecule has 0 radical (unpaired) electrons. The Hall–Kier alpha value is -3.34. The number of amides is 1. The van der Waals surface area contributed by atoms with Gasteiger partial charge < -0.3 is 15.2 Å². The van der Waals surface area contributed by atoms with Gasteiger partial charge in [-0.05, 0) is 32.9 Å². The minimum atomic E-state index is -0.771. The van der Waals surface area contributed by atoms with Crippen molar-refractivity contribution in [2.45, 2.75) is 26.4 Å². The summed E-state index contributed by atoms with van der Waals surface area (Å²) in [5, 5.41) is 11.7. The summed E-state index contributed by atoms with van der Waals surface area (Å²) in [5.41, 5.74) is 4.95. The number of nitriles is 1. The van der Waals surface area contributed by atoms with Gasteiger partial charge in [-0.3, -0.25) is 5.32 Å². The Morgan fingerprint density at radius 1 is 1.32 bits per heavy atom. The van der Waals surface area contributed by atoms with Gasteiger partial charge >= 0.3 is 6.09 Å². The van der Waals surface area contributed by atoms with Crippen molar-refractivity contribution < 1.29 is 18.7 Å². The van der Waals surface area contributed by atoms with Crippen molar-refractivity contribution in [2.24, 2.45) is 0 Å². The second kappa shape index (κ2) is 7.05. The molecule has 8 heteroatoms. The van der Waals surface area contributed by atoms with Crippen LogP contribution in [0.5, 0.6) is 11.5 Å². The average Bonchev–Trinajstić information content (AvgIpc) is 2.48. The molecule has 0 unspecified atom stereocenters. The van der Waals surface area contributed by atoms with Crippen LogP contribution in [0.1, 0.15) is 26.3 Å². The fourth-order valence-electron chi connectivity index (χ4n) is 1.85. The number of nitrogens with two attached hydrogens (primary N) is 1. The lowest BCUT2D eigenvalue weighted by molar-refractivity contribution is 0.0635. The molecule has 0 spiro atoms. The zero-order valence-electron chi connectivity index (χ0n) is 14.0. The molecule has 0 aliphatic heterocycles. The molecule has 7 nitrogen and oxygen atoms in total. The molecular weight excluding hydrogens is 327 g/mol. The Morgan fingerprint density at radius 3 is 2.64 bits per heavy atom. The van der Waals surface area contributed by atoms with Gasteiger partial charge in [-0.25, -0.2) is 14.2 Å². The van der Waals surface area contributed by atoms with Crippen LogP contribution in [0.2, 0.25) is 0 Å². The second-order valence-corrected chi connectivity index (χ2v) is 6.06. The summed E-state index contributed by atoms with van der Waals surface area (Å²) >= 11 is 0. The number of hydrogen-bond acceptors (Lipinski definition) is 6. The first-order chi connectivity index (χ1) is 11.7. The van der Waals surface area contributed by atoms with E-state index in [1.54, 1.807) is 20.8 Å². The van der Waals surface area contributed by atoms with Crippen LogP contribution in [0, 0.1) is 17.1 Å². The quantitative estimate of drug-likeness (QED) is 0.819. The highest BCUT2D eigenvalue weighted by Crippen LogP contribution is 2.31. The molecule has 0 fully saturated rings. The highest BCUT2D eigenvalue weighted by molar-refractivity contribution is 5.86. The summed E-state index contributed by atoms with van der Waals surface area (Å²) in [5.74, 6) is -0.806. The first-order valence-corrected chi connectivity index (χ1v) is 7.31. The monoisotopic (exact) mass is 344 g/mol. The van der Waals surface area contributed by atoms with E-state index < -0.39 is 17.5 Å². The van der Waals surface area contributed by atoms with Crippen molar-refractivity contribution >= 4 is 17.6 Å². The highest BCUT2D eigenvalue weighted by Gasteiger charge is 2.20. The van der Waals surface area contributed by atoms with Crippen LogP contribution in [0.3, 0.4) is 0 Å². The molecule has 1 heterocycles. The standard InChI is InChI=1S/C17H17FN4O3/c1-17(2,3)25-16(23)22-15-11(9-19)13(6-7-21-15)24-14-5-4-10(20)8-12(14)18/h4-8H,20H2,1-3H3,(H,21,22,23).